The summed E-state index contributed by atoms with van der Waals surface area (Å²) in [4.78, 5) is 26.2. The molecule has 6 nitrogen and oxygen atoms in total. The minimum absolute atomic E-state index is 0.000500. The van der Waals surface area contributed by atoms with Crippen LogP contribution in [0.15, 0.2) is 134 Å². The lowest BCUT2D eigenvalue weighted by atomic mass is 10.0. The van der Waals surface area contributed by atoms with Crippen LogP contribution in [0.5, 0.6) is 0 Å². The van der Waals surface area contributed by atoms with Crippen molar-refractivity contribution in [3.63, 3.8) is 0 Å². The maximum atomic E-state index is 13.3. The first-order valence-corrected chi connectivity index (χ1v) is 28.4. The minimum Gasteiger partial charge on any atom is -0.462 e. The van der Waals surface area contributed by atoms with E-state index in [-0.39, 0.29) is 31.3 Å². The van der Waals surface area contributed by atoms with Gasteiger partial charge in [0, 0.05) is 6.42 Å². The van der Waals surface area contributed by atoms with E-state index in [0.717, 1.165) is 103 Å². The van der Waals surface area contributed by atoms with Crippen molar-refractivity contribution >= 4 is 11.9 Å². The third-order valence-corrected chi connectivity index (χ3v) is 12.0. The summed E-state index contributed by atoms with van der Waals surface area (Å²) in [6.07, 6.45) is 79.5. The van der Waals surface area contributed by atoms with E-state index in [4.69, 9.17) is 4.74 Å². The zero-order valence-corrected chi connectivity index (χ0v) is 45.1. The molecular weight excluding hydrogens is 863 g/mol. The van der Waals surface area contributed by atoms with E-state index in [9.17, 15) is 19.8 Å². The van der Waals surface area contributed by atoms with Crippen LogP contribution in [0.25, 0.3) is 0 Å². The number of carbonyl (C=O) groups is 2. The van der Waals surface area contributed by atoms with Crippen LogP contribution in [0.1, 0.15) is 233 Å². The second-order valence-electron chi connectivity index (χ2n) is 18.6. The number of ether oxygens (including phenoxy) is 1. The number of esters is 1. The summed E-state index contributed by atoms with van der Waals surface area (Å²) in [6, 6.07) is -0.745. The fourth-order valence-corrected chi connectivity index (χ4v) is 7.78. The second kappa shape index (κ2) is 55.9. The molecule has 0 aliphatic carbocycles. The number of hydrogen-bond acceptors (Lipinski definition) is 5. The molecule has 3 N–H and O–H groups in total. The Balaban J connectivity index is 4.81. The number of rotatable bonds is 49. The van der Waals surface area contributed by atoms with E-state index >= 15 is 0 Å². The lowest BCUT2D eigenvalue weighted by Crippen LogP contribution is -2.46. The molecule has 6 heteroatoms. The first kappa shape index (κ1) is 66.0. The van der Waals surface area contributed by atoms with Crippen LogP contribution >= 0.6 is 0 Å². The topological polar surface area (TPSA) is 95.9 Å². The van der Waals surface area contributed by atoms with Crippen molar-refractivity contribution in [1.29, 1.82) is 0 Å². The van der Waals surface area contributed by atoms with Gasteiger partial charge in [-0.15, -0.1) is 0 Å². The van der Waals surface area contributed by atoms with Crippen LogP contribution in [0, 0.1) is 0 Å². The van der Waals surface area contributed by atoms with Crippen LogP contribution in [-0.4, -0.2) is 46.9 Å². The number of allylic oxidation sites excluding steroid dienone is 22. The molecule has 0 aromatic heterocycles. The Hall–Kier alpha value is -4.00. The molecule has 0 fully saturated rings. The molecule has 0 rings (SSSR count). The lowest BCUT2D eigenvalue weighted by molar-refractivity contribution is -0.150. The van der Waals surface area contributed by atoms with Gasteiger partial charge in [-0.3, -0.25) is 9.59 Å². The third kappa shape index (κ3) is 50.4. The summed E-state index contributed by atoms with van der Waals surface area (Å²) in [7, 11) is 0. The highest BCUT2D eigenvalue weighted by atomic mass is 16.5. The first-order valence-electron chi connectivity index (χ1n) is 28.4. The average molecular weight is 969 g/mol. The highest BCUT2D eigenvalue weighted by Crippen LogP contribution is 2.16. The molecule has 0 aliphatic heterocycles. The van der Waals surface area contributed by atoms with Crippen molar-refractivity contribution in [1.82, 2.24) is 5.32 Å². The number of nitrogens with one attached hydrogen (secondary N) is 1. The van der Waals surface area contributed by atoms with E-state index in [0.29, 0.717) is 19.3 Å². The monoisotopic (exact) mass is 968 g/mol. The Bertz CT molecular complexity index is 1510. The highest BCUT2D eigenvalue weighted by molar-refractivity contribution is 5.77. The molecule has 0 heterocycles. The maximum absolute atomic E-state index is 13.3. The standard InChI is InChI=1S/C64H105NO5/c1-4-7-10-13-16-19-22-25-28-30-31-33-36-39-42-45-48-51-54-57-64(69)70-60(55-52-49-46-43-40-37-35-32-29-26-23-20-17-14-11-8-5-2)58-63(68)65-61(59-66)62(67)56-53-50-47-44-41-38-34-27-24-21-18-15-12-9-6-3/h7-8,10-11,16-17,19-20,25-26,28-29,31,33,35,37,39,42-43,46,48,51,60-62,66-67H,4-6,9,12-15,18,21-24,27,30,32,34,36,38,40-41,44-45,47,49-50,52-59H2,1-3H3,(H,65,68)/b10-7-,11-8-,19-16-,20-17-,28-25-,29-26-,33-31-,37-35-,42-39-,46-43-,51-48-. The van der Waals surface area contributed by atoms with Crippen LogP contribution in [0.2, 0.25) is 0 Å². The summed E-state index contributed by atoms with van der Waals surface area (Å²) >= 11 is 0. The Morgan fingerprint density at radius 3 is 1.14 bits per heavy atom. The van der Waals surface area contributed by atoms with E-state index in [2.05, 4.69) is 154 Å². The predicted molar refractivity (Wildman–Crippen MR) is 305 cm³/mol. The zero-order chi connectivity index (χ0) is 50.9. The van der Waals surface area contributed by atoms with Gasteiger partial charge >= 0.3 is 5.97 Å². The number of hydrogen-bond donors (Lipinski definition) is 3. The molecule has 396 valence electrons. The normalized spacial score (nSPS) is 14.2. The summed E-state index contributed by atoms with van der Waals surface area (Å²) in [6.45, 7) is 6.23. The largest absolute Gasteiger partial charge is 0.462 e. The van der Waals surface area contributed by atoms with Crippen molar-refractivity contribution in [3.8, 4) is 0 Å². The number of aliphatic hydroxyl groups is 2. The van der Waals surface area contributed by atoms with E-state index in [1.165, 1.54) is 77.0 Å². The minimum atomic E-state index is -0.825. The average Bonchev–Trinajstić information content (AvgIpc) is 3.35. The van der Waals surface area contributed by atoms with Crippen LogP contribution < -0.4 is 5.32 Å². The quantitative estimate of drug-likeness (QED) is 0.0321. The fourth-order valence-electron chi connectivity index (χ4n) is 7.78. The Kier molecular flexibility index (Phi) is 52.7. The fraction of sp³-hybridized carbons (Fsp3) is 0.625. The Labute approximate surface area is 431 Å². The predicted octanol–water partition coefficient (Wildman–Crippen LogP) is 17.8. The van der Waals surface area contributed by atoms with Gasteiger partial charge in [0.05, 0.1) is 25.2 Å². The van der Waals surface area contributed by atoms with Gasteiger partial charge < -0.3 is 20.3 Å². The maximum Gasteiger partial charge on any atom is 0.306 e. The van der Waals surface area contributed by atoms with Crippen molar-refractivity contribution in [2.45, 2.75) is 251 Å². The number of unbranched alkanes of at least 4 members (excludes halogenated alkanes) is 15. The summed E-state index contributed by atoms with van der Waals surface area (Å²) in [5.74, 6) is -0.640. The van der Waals surface area contributed by atoms with E-state index in [1.54, 1.807) is 0 Å². The van der Waals surface area contributed by atoms with E-state index < -0.39 is 18.2 Å². The second-order valence-corrected chi connectivity index (χ2v) is 18.6. The molecule has 0 aliphatic rings. The molecule has 1 amide bonds. The van der Waals surface area contributed by atoms with Crippen LogP contribution in [-0.2, 0) is 14.3 Å². The van der Waals surface area contributed by atoms with E-state index in [1.807, 2.05) is 6.08 Å². The van der Waals surface area contributed by atoms with Crippen molar-refractivity contribution < 1.29 is 24.5 Å². The molecule has 0 spiro atoms. The van der Waals surface area contributed by atoms with Crippen LogP contribution in [0.4, 0.5) is 0 Å². The Morgan fingerprint density at radius 2 is 0.771 bits per heavy atom. The smallest absolute Gasteiger partial charge is 0.306 e. The van der Waals surface area contributed by atoms with Gasteiger partial charge in [-0.1, -0.05) is 251 Å². The molecule has 70 heavy (non-hydrogen) atoms. The van der Waals surface area contributed by atoms with Crippen LogP contribution in [0.3, 0.4) is 0 Å². The molecule has 0 bridgehead atoms. The van der Waals surface area contributed by atoms with Gasteiger partial charge in [0.15, 0.2) is 0 Å². The zero-order valence-electron chi connectivity index (χ0n) is 45.1. The number of amides is 1. The van der Waals surface area contributed by atoms with Crippen molar-refractivity contribution in [2.75, 3.05) is 6.61 Å². The van der Waals surface area contributed by atoms with Gasteiger partial charge in [0.25, 0.3) is 0 Å². The molecular formula is C64H105NO5. The summed E-state index contributed by atoms with van der Waals surface area (Å²) in [5, 5.41) is 23.8. The summed E-state index contributed by atoms with van der Waals surface area (Å²) in [5.41, 5.74) is 0. The molecule has 0 saturated heterocycles. The van der Waals surface area contributed by atoms with Gasteiger partial charge in [0.2, 0.25) is 5.91 Å². The van der Waals surface area contributed by atoms with Gasteiger partial charge in [-0.25, -0.2) is 0 Å². The molecule has 0 aromatic rings. The molecule has 3 atom stereocenters. The number of aliphatic hydroxyl groups excluding tert-OH is 2. The molecule has 0 aromatic carbocycles. The molecule has 3 unspecified atom stereocenters. The van der Waals surface area contributed by atoms with Gasteiger partial charge in [-0.2, -0.15) is 0 Å². The lowest BCUT2D eigenvalue weighted by Gasteiger charge is -2.24. The van der Waals surface area contributed by atoms with Crippen molar-refractivity contribution in [2.24, 2.45) is 0 Å². The van der Waals surface area contributed by atoms with Gasteiger partial charge in [0.1, 0.15) is 6.10 Å². The highest BCUT2D eigenvalue weighted by Gasteiger charge is 2.24. The molecule has 0 saturated carbocycles. The summed E-state index contributed by atoms with van der Waals surface area (Å²) < 4.78 is 5.88. The first-order chi connectivity index (χ1) is 34.5. The SMILES string of the molecule is CC/C=C\C/C=C\C/C=C\C/C=C\C/C=C\C/C=C\CCC(=O)OC(CCC/C=C\C/C=C\C/C=C\C/C=C\C/C=C\CC)CC(=O)NC(CO)C(O)CCCCCCCCCCCCCCCCC. The number of carbonyl (C=O) groups excluding carboxylic acids is 2. The van der Waals surface area contributed by atoms with Gasteiger partial charge in [-0.05, 0) is 103 Å². The third-order valence-electron chi connectivity index (χ3n) is 12.0. The van der Waals surface area contributed by atoms with Crippen molar-refractivity contribution in [3.05, 3.63) is 134 Å². The Morgan fingerprint density at radius 1 is 0.429 bits per heavy atom. The molecule has 0 radical (unpaired) electrons.